The topological polar surface area (TPSA) is 76.7 Å². The molecule has 5 rings (SSSR count). The van der Waals surface area contributed by atoms with Crippen LogP contribution in [0.25, 0.3) is 21.8 Å². The second kappa shape index (κ2) is 14.0. The minimum absolute atomic E-state index is 0.116. The van der Waals surface area contributed by atoms with Gasteiger partial charge in [-0.2, -0.15) is 0 Å². The van der Waals surface area contributed by atoms with Crippen molar-refractivity contribution in [3.8, 4) is 5.75 Å². The van der Waals surface area contributed by atoms with E-state index in [1.807, 2.05) is 69.0 Å². The zero-order valence-electron chi connectivity index (χ0n) is 28.2. The average Bonchev–Trinajstić information content (AvgIpc) is 3.53. The summed E-state index contributed by atoms with van der Waals surface area (Å²) in [7, 11) is 3.96. The quantitative estimate of drug-likeness (QED) is 0.0994. The maximum absolute atomic E-state index is 13.0. The summed E-state index contributed by atoms with van der Waals surface area (Å²) >= 11 is 13.2. The molecule has 0 aliphatic rings. The number of carboxylic acid groups (broad SMARTS) is 1. The van der Waals surface area contributed by atoms with Crippen LogP contribution in [0.1, 0.15) is 76.3 Å². The van der Waals surface area contributed by atoms with Gasteiger partial charge in [0.15, 0.2) is 6.29 Å². The van der Waals surface area contributed by atoms with E-state index in [0.29, 0.717) is 36.2 Å². The van der Waals surface area contributed by atoms with Gasteiger partial charge in [0.2, 0.25) is 0 Å². The number of halogens is 2. The number of benzene rings is 3. The average molecular weight is 677 g/mol. The molecule has 0 saturated heterocycles. The molecule has 0 spiro atoms. The third-order valence-corrected chi connectivity index (χ3v) is 9.89. The van der Waals surface area contributed by atoms with E-state index >= 15 is 0 Å². The Morgan fingerprint density at radius 2 is 1.72 bits per heavy atom. The highest BCUT2D eigenvalue weighted by atomic mass is 35.5. The summed E-state index contributed by atoms with van der Waals surface area (Å²) in [4.78, 5) is 26.9. The number of aromatic carboxylic acids is 1. The molecular formula is C38H43Cl2N3O4. The molecule has 1 atom stereocenters. The molecule has 0 bridgehead atoms. The van der Waals surface area contributed by atoms with Crippen LogP contribution in [0.15, 0.2) is 48.7 Å². The van der Waals surface area contributed by atoms with Gasteiger partial charge in [0.1, 0.15) is 5.75 Å². The van der Waals surface area contributed by atoms with Crippen molar-refractivity contribution in [2.24, 2.45) is 13.0 Å². The molecule has 0 amide bonds. The fourth-order valence-corrected chi connectivity index (χ4v) is 7.14. The lowest BCUT2D eigenvalue weighted by Crippen LogP contribution is -2.27. The van der Waals surface area contributed by atoms with Crippen molar-refractivity contribution in [1.29, 1.82) is 0 Å². The Bertz CT molecular complexity index is 1950. The van der Waals surface area contributed by atoms with Gasteiger partial charge >= 0.3 is 5.97 Å². The zero-order chi connectivity index (χ0) is 34.2. The summed E-state index contributed by atoms with van der Waals surface area (Å²) in [6.07, 6.45) is 5.16. The standard InChI is InChI=1S/C38H43Cl2N3O4/c1-22(2)15-30-32(39)12-11-29-28(9-8-14-47-27-16-23(3)36(40)24(4)17-27)35(21-44)43(37(29)30)25(5)19-41(6)34-20-42(7)33-13-10-26(38(45)46)18-31(33)34/h10-13,16-18,20-22,25H,8-9,14-15,19H2,1-7H3,(H,45,46)/t25-/m1/s1. The van der Waals surface area contributed by atoms with Crippen LogP contribution in [0.5, 0.6) is 5.75 Å². The molecule has 0 aliphatic heterocycles. The van der Waals surface area contributed by atoms with Crippen LogP contribution >= 0.6 is 23.2 Å². The number of nitrogens with zero attached hydrogens (tertiary/aromatic N) is 3. The number of hydrogen-bond donors (Lipinski definition) is 1. The number of rotatable bonds is 13. The molecule has 248 valence electrons. The van der Waals surface area contributed by atoms with E-state index in [2.05, 4.69) is 30.2 Å². The third-order valence-electron chi connectivity index (χ3n) is 8.94. The van der Waals surface area contributed by atoms with E-state index in [-0.39, 0.29) is 11.6 Å². The van der Waals surface area contributed by atoms with Gasteiger partial charge in [-0.25, -0.2) is 4.79 Å². The van der Waals surface area contributed by atoms with Crippen molar-refractivity contribution in [3.05, 3.63) is 92.2 Å². The highest BCUT2D eigenvalue weighted by molar-refractivity contribution is 6.32. The number of carboxylic acids is 1. The number of likely N-dealkylation sites (N-methyl/N-ethyl adjacent to an activating group) is 1. The Balaban J connectivity index is 1.51. The number of aryl methyl sites for hydroxylation is 4. The van der Waals surface area contributed by atoms with Gasteiger partial charge < -0.3 is 23.9 Å². The molecule has 47 heavy (non-hydrogen) atoms. The van der Waals surface area contributed by atoms with E-state index in [0.717, 1.165) is 79.6 Å². The van der Waals surface area contributed by atoms with Gasteiger partial charge in [0.25, 0.3) is 0 Å². The summed E-state index contributed by atoms with van der Waals surface area (Å²) in [6, 6.07) is 13.0. The summed E-state index contributed by atoms with van der Waals surface area (Å²) in [5.41, 5.74) is 7.76. The van der Waals surface area contributed by atoms with E-state index < -0.39 is 5.97 Å². The summed E-state index contributed by atoms with van der Waals surface area (Å²) in [5, 5.41) is 13.0. The van der Waals surface area contributed by atoms with E-state index in [1.165, 1.54) is 0 Å². The Hall–Kier alpha value is -3.94. The number of carbonyl (C=O) groups excluding carboxylic acids is 1. The minimum atomic E-state index is -0.960. The molecule has 2 heterocycles. The first-order valence-electron chi connectivity index (χ1n) is 16.0. The first kappa shape index (κ1) is 34.4. The molecule has 0 radical (unpaired) electrons. The van der Waals surface area contributed by atoms with Crippen molar-refractivity contribution in [2.45, 2.75) is 59.9 Å². The molecule has 0 unspecified atom stereocenters. The lowest BCUT2D eigenvalue weighted by Gasteiger charge is -2.26. The highest BCUT2D eigenvalue weighted by Crippen LogP contribution is 2.38. The Labute approximate surface area is 286 Å². The van der Waals surface area contributed by atoms with Crippen LogP contribution in [0.2, 0.25) is 10.0 Å². The number of carbonyl (C=O) groups is 2. The molecule has 0 fully saturated rings. The van der Waals surface area contributed by atoms with Crippen molar-refractivity contribution in [2.75, 3.05) is 25.1 Å². The minimum Gasteiger partial charge on any atom is -0.494 e. The normalized spacial score (nSPS) is 12.3. The van der Waals surface area contributed by atoms with Crippen molar-refractivity contribution in [3.63, 3.8) is 0 Å². The predicted molar refractivity (Wildman–Crippen MR) is 193 cm³/mol. The second-order valence-corrected chi connectivity index (χ2v) is 13.9. The number of fused-ring (bicyclic) bond motifs is 2. The first-order valence-corrected chi connectivity index (χ1v) is 16.8. The van der Waals surface area contributed by atoms with Gasteiger partial charge in [0.05, 0.1) is 29.1 Å². The first-order chi connectivity index (χ1) is 22.3. The van der Waals surface area contributed by atoms with Crippen LogP contribution in [-0.2, 0) is 19.9 Å². The highest BCUT2D eigenvalue weighted by Gasteiger charge is 2.25. The second-order valence-electron chi connectivity index (χ2n) is 13.1. The zero-order valence-corrected chi connectivity index (χ0v) is 29.7. The molecule has 0 aliphatic carbocycles. The van der Waals surface area contributed by atoms with Crippen LogP contribution in [0.4, 0.5) is 5.69 Å². The lowest BCUT2D eigenvalue weighted by atomic mass is 9.98. The molecule has 5 aromatic rings. The molecular weight excluding hydrogens is 633 g/mol. The van der Waals surface area contributed by atoms with Crippen LogP contribution in [0, 0.1) is 19.8 Å². The van der Waals surface area contributed by atoms with Gasteiger partial charge in [-0.1, -0.05) is 43.1 Å². The van der Waals surface area contributed by atoms with Crippen LogP contribution in [0.3, 0.4) is 0 Å². The Morgan fingerprint density at radius 1 is 1.02 bits per heavy atom. The third kappa shape index (κ3) is 6.88. The molecule has 2 aromatic heterocycles. The maximum Gasteiger partial charge on any atom is 0.335 e. The SMILES string of the molecule is Cc1cc(OCCCc2c(C=O)n([C@H](C)CN(C)c3cn(C)c4ccc(C(=O)O)cc34)c3c(CC(C)C)c(Cl)ccc23)cc(C)c1Cl. The monoisotopic (exact) mass is 675 g/mol. The largest absolute Gasteiger partial charge is 0.494 e. The van der Waals surface area contributed by atoms with Gasteiger partial charge in [0, 0.05) is 59.2 Å². The number of aromatic nitrogens is 2. The maximum atomic E-state index is 13.0. The number of aldehydes is 1. The smallest absolute Gasteiger partial charge is 0.335 e. The molecule has 9 heteroatoms. The van der Waals surface area contributed by atoms with E-state index in [1.54, 1.807) is 12.1 Å². The summed E-state index contributed by atoms with van der Waals surface area (Å²) in [5.74, 6) is 0.188. The van der Waals surface area contributed by atoms with Crippen LogP contribution < -0.4 is 9.64 Å². The number of ether oxygens (including phenoxy) is 1. The molecule has 3 aromatic carbocycles. The van der Waals surface area contributed by atoms with Crippen LogP contribution in [-0.4, -0.2) is 46.7 Å². The van der Waals surface area contributed by atoms with Gasteiger partial charge in [-0.3, -0.25) is 4.79 Å². The number of hydrogen-bond acceptors (Lipinski definition) is 4. The lowest BCUT2D eigenvalue weighted by molar-refractivity contribution is 0.0697. The molecule has 0 saturated carbocycles. The molecule has 1 N–H and O–H groups in total. The summed E-state index contributed by atoms with van der Waals surface area (Å²) in [6.45, 7) is 11.5. The number of anilines is 1. The van der Waals surface area contributed by atoms with E-state index in [4.69, 9.17) is 27.9 Å². The van der Waals surface area contributed by atoms with Crippen molar-refractivity contribution in [1.82, 2.24) is 9.13 Å². The van der Waals surface area contributed by atoms with Gasteiger partial charge in [-0.15, -0.1) is 0 Å². The Morgan fingerprint density at radius 3 is 2.36 bits per heavy atom. The molecule has 7 nitrogen and oxygen atoms in total. The van der Waals surface area contributed by atoms with E-state index in [9.17, 15) is 14.7 Å². The van der Waals surface area contributed by atoms with Crippen molar-refractivity contribution < 1.29 is 19.4 Å². The summed E-state index contributed by atoms with van der Waals surface area (Å²) < 4.78 is 10.3. The fourth-order valence-electron chi connectivity index (χ4n) is 6.80. The predicted octanol–water partition coefficient (Wildman–Crippen LogP) is 9.47. The Kier molecular flexibility index (Phi) is 10.3. The van der Waals surface area contributed by atoms with Gasteiger partial charge in [-0.05, 0) is 105 Å². The fraction of sp³-hybridized carbons (Fsp3) is 0.368. The van der Waals surface area contributed by atoms with Crippen molar-refractivity contribution >= 4 is 63.0 Å².